The van der Waals surface area contributed by atoms with Crippen molar-refractivity contribution < 1.29 is 29.5 Å². The highest BCUT2D eigenvalue weighted by atomic mass is 16.8. The van der Waals surface area contributed by atoms with Gasteiger partial charge in [0.1, 0.15) is 5.60 Å². The van der Waals surface area contributed by atoms with Gasteiger partial charge in [-0.3, -0.25) is 14.8 Å². The molecule has 2 saturated heterocycles. The minimum atomic E-state index is -0.496. The zero-order valence-corrected chi connectivity index (χ0v) is 20.5. The smallest absolute Gasteiger partial charge is 0.410 e. The molecule has 0 bridgehead atoms. The summed E-state index contributed by atoms with van der Waals surface area (Å²) in [6.45, 7) is 14.4. The van der Waals surface area contributed by atoms with Gasteiger partial charge in [0.25, 0.3) is 0 Å². The van der Waals surface area contributed by atoms with Gasteiger partial charge in [-0.25, -0.2) is 4.79 Å². The third-order valence-corrected chi connectivity index (χ3v) is 5.25. The normalized spacial score (nSPS) is 23.3. The number of hydrogen-bond acceptors (Lipinski definition) is 7. The Balaban J connectivity index is 0.000000564. The Bertz CT molecular complexity index is 510. The van der Waals surface area contributed by atoms with Crippen molar-refractivity contribution in [2.24, 2.45) is 11.8 Å². The Morgan fingerprint density at radius 3 is 2.35 bits per heavy atom. The molecule has 2 aliphatic heterocycles. The Hall–Kier alpha value is -1.42. The first kappa shape index (κ1) is 29.6. The number of piperidine rings is 1. The second-order valence-corrected chi connectivity index (χ2v) is 9.29. The first-order valence-corrected chi connectivity index (χ1v) is 11.3. The van der Waals surface area contributed by atoms with Crippen molar-refractivity contribution in [3.05, 3.63) is 0 Å². The molecule has 0 aliphatic carbocycles. The van der Waals surface area contributed by atoms with Crippen LogP contribution in [0.5, 0.6) is 0 Å². The molecular formula is C22H45N3O6. The molecule has 2 amide bonds. The minimum absolute atomic E-state index is 0.0560. The Kier molecular flexibility index (Phi) is 14.7. The van der Waals surface area contributed by atoms with Crippen molar-refractivity contribution in [2.45, 2.75) is 85.3 Å². The van der Waals surface area contributed by atoms with Crippen LogP contribution >= 0.6 is 0 Å². The van der Waals surface area contributed by atoms with Crippen LogP contribution in [-0.4, -0.2) is 77.1 Å². The van der Waals surface area contributed by atoms with E-state index in [-0.39, 0.29) is 24.6 Å². The first-order chi connectivity index (χ1) is 14.6. The van der Waals surface area contributed by atoms with Crippen molar-refractivity contribution >= 4 is 12.0 Å². The van der Waals surface area contributed by atoms with Gasteiger partial charge in [-0.1, -0.05) is 25.9 Å². The van der Waals surface area contributed by atoms with Crippen LogP contribution in [0, 0.1) is 11.8 Å². The number of amides is 2. The molecule has 0 aromatic rings. The summed E-state index contributed by atoms with van der Waals surface area (Å²) in [5.74, 6) is 1.43. The second-order valence-electron chi connectivity index (χ2n) is 9.29. The number of ether oxygens (including phenoxy) is 1. The Morgan fingerprint density at radius 2 is 1.84 bits per heavy atom. The molecule has 0 saturated carbocycles. The fraction of sp³-hybridized carbons (Fsp3) is 0.909. The molecule has 9 nitrogen and oxygen atoms in total. The zero-order chi connectivity index (χ0) is 24.0. The standard InChI is InChI=1S/C11H22N2O4.C10H19NO.CH4O/c1-8-5-9(7-16-12-15)13(6-8)10(14)17-11(2,3)4;1-3-5-10-6-4-7-11(8-10)9(2)12;1-2/h8-9,12,15H,5-7H2,1-4H3;10H,3-8H2,1-2H3;2H,1H3. The summed E-state index contributed by atoms with van der Waals surface area (Å²) < 4.78 is 5.33. The van der Waals surface area contributed by atoms with Gasteiger partial charge in [-0.15, -0.1) is 0 Å². The first-order valence-electron chi connectivity index (χ1n) is 11.3. The second kappa shape index (κ2) is 15.4. The van der Waals surface area contributed by atoms with Gasteiger partial charge >= 0.3 is 6.09 Å². The quantitative estimate of drug-likeness (QED) is 0.555. The van der Waals surface area contributed by atoms with E-state index in [2.05, 4.69) is 13.8 Å². The topological polar surface area (TPSA) is 112 Å². The molecule has 31 heavy (non-hydrogen) atoms. The van der Waals surface area contributed by atoms with Crippen molar-refractivity contribution in [2.75, 3.05) is 33.4 Å². The lowest BCUT2D eigenvalue weighted by Crippen LogP contribution is -2.42. The molecule has 0 radical (unpaired) electrons. The molecule has 3 N–H and O–H groups in total. The van der Waals surface area contributed by atoms with Crippen LogP contribution in [0.15, 0.2) is 0 Å². The average Bonchev–Trinajstić information content (AvgIpc) is 3.08. The van der Waals surface area contributed by atoms with Gasteiger partial charge < -0.3 is 19.6 Å². The summed E-state index contributed by atoms with van der Waals surface area (Å²) in [5, 5.41) is 15.4. The van der Waals surface area contributed by atoms with E-state index in [9.17, 15) is 9.59 Å². The van der Waals surface area contributed by atoms with Crippen molar-refractivity contribution in [1.82, 2.24) is 15.4 Å². The van der Waals surface area contributed by atoms with E-state index in [1.165, 1.54) is 25.7 Å². The lowest BCUT2D eigenvalue weighted by Gasteiger charge is -2.31. The third-order valence-electron chi connectivity index (χ3n) is 5.25. The molecular weight excluding hydrogens is 402 g/mol. The molecule has 2 aliphatic rings. The number of aliphatic hydroxyl groups is 1. The molecule has 0 aromatic carbocycles. The van der Waals surface area contributed by atoms with Crippen LogP contribution in [0.3, 0.4) is 0 Å². The van der Waals surface area contributed by atoms with E-state index in [0.29, 0.717) is 12.5 Å². The van der Waals surface area contributed by atoms with Crippen LogP contribution in [-0.2, 0) is 14.4 Å². The summed E-state index contributed by atoms with van der Waals surface area (Å²) in [6, 6.07) is -0.0560. The fourth-order valence-electron chi connectivity index (χ4n) is 3.98. The number of rotatable bonds is 5. The molecule has 3 unspecified atom stereocenters. The summed E-state index contributed by atoms with van der Waals surface area (Å²) in [5.41, 5.74) is 1.14. The van der Waals surface area contributed by atoms with Crippen molar-refractivity contribution in [3.8, 4) is 0 Å². The minimum Gasteiger partial charge on any atom is -0.444 e. The maximum atomic E-state index is 11.9. The maximum absolute atomic E-state index is 11.9. The van der Waals surface area contributed by atoms with Gasteiger partial charge in [-0.05, 0) is 58.3 Å². The van der Waals surface area contributed by atoms with Crippen LogP contribution < -0.4 is 5.64 Å². The third kappa shape index (κ3) is 12.3. The van der Waals surface area contributed by atoms with Gasteiger partial charge in [-0.2, -0.15) is 0 Å². The predicted octanol–water partition coefficient (Wildman–Crippen LogP) is 3.20. The highest BCUT2D eigenvalue weighted by molar-refractivity contribution is 5.73. The van der Waals surface area contributed by atoms with Crippen LogP contribution in [0.1, 0.15) is 73.6 Å². The van der Waals surface area contributed by atoms with E-state index in [1.54, 1.807) is 17.5 Å². The van der Waals surface area contributed by atoms with Crippen LogP contribution in [0.4, 0.5) is 4.79 Å². The number of hydrogen-bond donors (Lipinski definition) is 3. The Labute approximate surface area is 188 Å². The monoisotopic (exact) mass is 447 g/mol. The van der Waals surface area contributed by atoms with Gasteiger partial charge in [0.15, 0.2) is 0 Å². The van der Waals surface area contributed by atoms with E-state index in [4.69, 9.17) is 19.9 Å². The van der Waals surface area contributed by atoms with E-state index >= 15 is 0 Å². The molecule has 184 valence electrons. The SMILES string of the molecule is CC1CC(CONO)N(C(=O)OC(C)(C)C)C1.CCCC1CCCN(C(C)=O)C1.CO. The fourth-order valence-corrected chi connectivity index (χ4v) is 3.98. The lowest BCUT2D eigenvalue weighted by atomic mass is 9.94. The largest absolute Gasteiger partial charge is 0.444 e. The zero-order valence-electron chi connectivity index (χ0n) is 20.5. The molecule has 9 heteroatoms. The van der Waals surface area contributed by atoms with E-state index < -0.39 is 5.60 Å². The summed E-state index contributed by atoms with van der Waals surface area (Å²) in [7, 11) is 1.00. The number of carbonyl (C=O) groups is 2. The molecule has 3 atom stereocenters. The molecule has 2 heterocycles. The van der Waals surface area contributed by atoms with E-state index in [0.717, 1.165) is 32.5 Å². The van der Waals surface area contributed by atoms with Crippen molar-refractivity contribution in [1.29, 1.82) is 0 Å². The number of aliphatic hydroxyl groups excluding tert-OH is 1. The number of nitrogens with zero attached hydrogens (tertiary/aromatic N) is 2. The summed E-state index contributed by atoms with van der Waals surface area (Å²) in [6.07, 6.45) is 5.57. The molecule has 0 spiro atoms. The lowest BCUT2D eigenvalue weighted by molar-refractivity contribution is -0.137. The molecule has 0 aromatic heterocycles. The summed E-state index contributed by atoms with van der Waals surface area (Å²) in [4.78, 5) is 31.4. The molecule has 2 fully saturated rings. The van der Waals surface area contributed by atoms with Gasteiger partial charge in [0, 0.05) is 33.7 Å². The number of carbonyl (C=O) groups excluding carboxylic acids is 2. The van der Waals surface area contributed by atoms with E-state index in [1.807, 2.05) is 25.7 Å². The number of nitrogens with one attached hydrogen (secondary N) is 1. The number of likely N-dealkylation sites (tertiary alicyclic amines) is 2. The highest BCUT2D eigenvalue weighted by Gasteiger charge is 2.35. The summed E-state index contributed by atoms with van der Waals surface area (Å²) >= 11 is 0. The Morgan fingerprint density at radius 1 is 1.19 bits per heavy atom. The van der Waals surface area contributed by atoms with Gasteiger partial charge in [0.05, 0.1) is 12.6 Å². The molecule has 2 rings (SSSR count). The van der Waals surface area contributed by atoms with Crippen LogP contribution in [0.2, 0.25) is 0 Å². The van der Waals surface area contributed by atoms with Gasteiger partial charge in [0.2, 0.25) is 5.91 Å². The highest BCUT2D eigenvalue weighted by Crippen LogP contribution is 2.25. The van der Waals surface area contributed by atoms with Crippen molar-refractivity contribution in [3.63, 3.8) is 0 Å². The average molecular weight is 448 g/mol. The predicted molar refractivity (Wildman–Crippen MR) is 119 cm³/mol. The van der Waals surface area contributed by atoms with Crippen LogP contribution in [0.25, 0.3) is 0 Å². The maximum Gasteiger partial charge on any atom is 0.410 e.